The molecular formula is C17H20O4. The van der Waals surface area contributed by atoms with Crippen LogP contribution in [0.25, 0.3) is 0 Å². The summed E-state index contributed by atoms with van der Waals surface area (Å²) >= 11 is 0. The standard InChI is InChI=1S/C17H20O4/c1-8-7-14(20-11(4)18)10(3)15-12(8)5-6-13-9(2)17(19)21-16(13)15/h7,9,13,16H,5-6H2,1-4H3/t9-,13?,16-/m0/s1. The molecule has 2 aliphatic rings. The summed E-state index contributed by atoms with van der Waals surface area (Å²) in [5.41, 5.74) is 4.31. The van der Waals surface area contributed by atoms with E-state index in [1.54, 1.807) is 0 Å². The first kappa shape index (κ1) is 14.1. The number of carbonyl (C=O) groups excluding carboxylic acids is 2. The maximum atomic E-state index is 11.9. The van der Waals surface area contributed by atoms with Gasteiger partial charge in [-0.05, 0) is 49.4 Å². The maximum absolute atomic E-state index is 11.9. The van der Waals surface area contributed by atoms with Gasteiger partial charge in [-0.15, -0.1) is 0 Å². The average molecular weight is 288 g/mol. The summed E-state index contributed by atoms with van der Waals surface area (Å²) in [6.45, 7) is 7.30. The third kappa shape index (κ3) is 2.13. The quantitative estimate of drug-likeness (QED) is 0.589. The lowest BCUT2D eigenvalue weighted by atomic mass is 9.74. The number of esters is 2. The normalized spacial score (nSPS) is 26.9. The Morgan fingerprint density at radius 2 is 2.10 bits per heavy atom. The predicted molar refractivity (Wildman–Crippen MR) is 77.0 cm³/mol. The highest BCUT2D eigenvalue weighted by molar-refractivity contribution is 5.76. The summed E-state index contributed by atoms with van der Waals surface area (Å²) in [4.78, 5) is 23.2. The molecule has 4 nitrogen and oxygen atoms in total. The Hall–Kier alpha value is -1.84. The summed E-state index contributed by atoms with van der Waals surface area (Å²) in [6, 6.07) is 1.91. The van der Waals surface area contributed by atoms with Gasteiger partial charge >= 0.3 is 11.9 Å². The van der Waals surface area contributed by atoms with Gasteiger partial charge in [-0.3, -0.25) is 9.59 Å². The minimum absolute atomic E-state index is 0.0553. The van der Waals surface area contributed by atoms with Crippen molar-refractivity contribution < 1.29 is 19.1 Å². The van der Waals surface area contributed by atoms with Crippen molar-refractivity contribution in [2.24, 2.45) is 11.8 Å². The number of hydrogen-bond acceptors (Lipinski definition) is 4. The van der Waals surface area contributed by atoms with Gasteiger partial charge in [-0.1, -0.05) is 6.92 Å². The van der Waals surface area contributed by atoms with E-state index < -0.39 is 0 Å². The Labute approximate surface area is 124 Å². The molecule has 0 N–H and O–H groups in total. The first-order valence-electron chi connectivity index (χ1n) is 7.42. The molecule has 1 fully saturated rings. The molecular weight excluding hydrogens is 268 g/mol. The van der Waals surface area contributed by atoms with Crippen LogP contribution in [0.1, 0.15) is 48.6 Å². The van der Waals surface area contributed by atoms with Crippen LogP contribution >= 0.6 is 0 Å². The Morgan fingerprint density at radius 3 is 2.76 bits per heavy atom. The fourth-order valence-corrected chi connectivity index (χ4v) is 3.68. The van der Waals surface area contributed by atoms with Gasteiger partial charge in [0.25, 0.3) is 0 Å². The molecule has 1 aromatic carbocycles. The molecule has 1 heterocycles. The number of hydrogen-bond donors (Lipinski definition) is 0. The van der Waals surface area contributed by atoms with E-state index in [0.29, 0.717) is 5.75 Å². The van der Waals surface area contributed by atoms with Crippen molar-refractivity contribution >= 4 is 11.9 Å². The third-order valence-electron chi connectivity index (χ3n) is 4.83. The van der Waals surface area contributed by atoms with Crippen LogP contribution in [0.5, 0.6) is 5.75 Å². The highest BCUT2D eigenvalue weighted by Crippen LogP contribution is 2.49. The Bertz CT molecular complexity index is 632. The lowest BCUT2D eigenvalue weighted by Gasteiger charge is -2.31. The van der Waals surface area contributed by atoms with E-state index in [2.05, 4.69) is 0 Å². The fourth-order valence-electron chi connectivity index (χ4n) is 3.68. The molecule has 3 atom stereocenters. The van der Waals surface area contributed by atoms with E-state index in [4.69, 9.17) is 9.47 Å². The molecule has 21 heavy (non-hydrogen) atoms. The van der Waals surface area contributed by atoms with E-state index in [0.717, 1.165) is 29.5 Å². The summed E-state index contributed by atoms with van der Waals surface area (Å²) in [6.07, 6.45) is 1.73. The predicted octanol–water partition coefficient (Wildman–Crippen LogP) is 3.03. The molecule has 1 aliphatic carbocycles. The first-order valence-corrected chi connectivity index (χ1v) is 7.42. The molecule has 112 valence electrons. The van der Waals surface area contributed by atoms with Crippen molar-refractivity contribution in [3.05, 3.63) is 28.3 Å². The van der Waals surface area contributed by atoms with E-state index in [1.165, 1.54) is 12.5 Å². The summed E-state index contributed by atoms with van der Waals surface area (Å²) in [5, 5.41) is 0. The lowest BCUT2D eigenvalue weighted by molar-refractivity contribution is -0.144. The van der Waals surface area contributed by atoms with Crippen LogP contribution in [0.4, 0.5) is 0 Å². The summed E-state index contributed by atoms with van der Waals surface area (Å²) < 4.78 is 10.9. The molecule has 4 heteroatoms. The van der Waals surface area contributed by atoms with Crippen LogP contribution in [-0.2, 0) is 20.7 Å². The second-order valence-electron chi connectivity index (χ2n) is 6.15. The topological polar surface area (TPSA) is 52.6 Å². The van der Waals surface area contributed by atoms with E-state index in [1.807, 2.05) is 26.8 Å². The highest BCUT2D eigenvalue weighted by Gasteiger charge is 2.46. The molecule has 1 unspecified atom stereocenters. The van der Waals surface area contributed by atoms with Gasteiger partial charge in [0.05, 0.1) is 5.92 Å². The Kier molecular flexibility index (Phi) is 3.27. The Morgan fingerprint density at radius 1 is 1.38 bits per heavy atom. The van der Waals surface area contributed by atoms with Crippen molar-refractivity contribution in [2.75, 3.05) is 0 Å². The molecule has 1 aromatic rings. The minimum atomic E-state index is -0.332. The fraction of sp³-hybridized carbons (Fsp3) is 0.529. The van der Waals surface area contributed by atoms with Gasteiger partial charge in [-0.25, -0.2) is 0 Å². The van der Waals surface area contributed by atoms with Crippen LogP contribution in [0.2, 0.25) is 0 Å². The Balaban J connectivity index is 2.13. The van der Waals surface area contributed by atoms with E-state index >= 15 is 0 Å². The second kappa shape index (κ2) is 4.86. The molecule has 0 spiro atoms. The minimum Gasteiger partial charge on any atom is -0.457 e. The van der Waals surface area contributed by atoms with Gasteiger partial charge in [0.1, 0.15) is 11.9 Å². The molecule has 0 radical (unpaired) electrons. The van der Waals surface area contributed by atoms with Gasteiger partial charge in [0.2, 0.25) is 0 Å². The average Bonchev–Trinajstić information content (AvgIpc) is 2.70. The molecule has 0 bridgehead atoms. The zero-order chi connectivity index (χ0) is 15.3. The van der Waals surface area contributed by atoms with E-state index in [9.17, 15) is 9.59 Å². The van der Waals surface area contributed by atoms with Crippen molar-refractivity contribution in [3.8, 4) is 5.75 Å². The number of benzene rings is 1. The summed E-state index contributed by atoms with van der Waals surface area (Å²) in [7, 11) is 0. The monoisotopic (exact) mass is 288 g/mol. The third-order valence-corrected chi connectivity index (χ3v) is 4.83. The zero-order valence-electron chi connectivity index (χ0n) is 12.9. The van der Waals surface area contributed by atoms with Gasteiger partial charge in [0.15, 0.2) is 0 Å². The molecule has 1 aliphatic heterocycles. The van der Waals surface area contributed by atoms with Crippen LogP contribution in [0, 0.1) is 25.7 Å². The number of fused-ring (bicyclic) bond motifs is 3. The van der Waals surface area contributed by atoms with Gasteiger partial charge in [0, 0.05) is 18.4 Å². The summed E-state index contributed by atoms with van der Waals surface area (Å²) in [5.74, 6) is 0.306. The van der Waals surface area contributed by atoms with Crippen molar-refractivity contribution in [1.82, 2.24) is 0 Å². The molecule has 0 amide bonds. The van der Waals surface area contributed by atoms with Crippen molar-refractivity contribution in [3.63, 3.8) is 0 Å². The van der Waals surface area contributed by atoms with Crippen LogP contribution in [0.3, 0.4) is 0 Å². The smallest absolute Gasteiger partial charge is 0.309 e. The maximum Gasteiger partial charge on any atom is 0.309 e. The molecule has 1 saturated heterocycles. The van der Waals surface area contributed by atoms with Gasteiger partial charge < -0.3 is 9.47 Å². The number of aryl methyl sites for hydroxylation is 1. The van der Waals surface area contributed by atoms with Gasteiger partial charge in [-0.2, -0.15) is 0 Å². The van der Waals surface area contributed by atoms with Crippen LogP contribution < -0.4 is 4.74 Å². The molecule has 3 rings (SSSR count). The molecule has 0 aromatic heterocycles. The number of rotatable bonds is 1. The zero-order valence-corrected chi connectivity index (χ0v) is 12.9. The van der Waals surface area contributed by atoms with Crippen molar-refractivity contribution in [1.29, 1.82) is 0 Å². The number of carbonyl (C=O) groups is 2. The van der Waals surface area contributed by atoms with Crippen molar-refractivity contribution in [2.45, 2.75) is 46.6 Å². The largest absolute Gasteiger partial charge is 0.457 e. The SMILES string of the molecule is CC(=O)Oc1cc(C)c2c(c1C)[C@H]1OC(=O)[C@@H](C)C1CC2. The second-order valence-corrected chi connectivity index (χ2v) is 6.15. The molecule has 0 saturated carbocycles. The van der Waals surface area contributed by atoms with E-state index in [-0.39, 0.29) is 29.9 Å². The highest BCUT2D eigenvalue weighted by atomic mass is 16.6. The first-order chi connectivity index (χ1) is 9.90. The number of ether oxygens (including phenoxy) is 2. The van der Waals surface area contributed by atoms with Crippen LogP contribution in [-0.4, -0.2) is 11.9 Å². The lowest BCUT2D eigenvalue weighted by Crippen LogP contribution is -2.23. The van der Waals surface area contributed by atoms with Crippen LogP contribution in [0.15, 0.2) is 6.07 Å².